The summed E-state index contributed by atoms with van der Waals surface area (Å²) in [5.74, 6) is 1.54. The van der Waals surface area contributed by atoms with Crippen LogP contribution in [0.4, 0.5) is 0 Å². The molecular formula is C22H28N2O4. The lowest BCUT2D eigenvalue weighted by Gasteiger charge is -2.22. The highest BCUT2D eigenvalue weighted by Gasteiger charge is 2.15. The molecule has 6 nitrogen and oxygen atoms in total. The van der Waals surface area contributed by atoms with Gasteiger partial charge in [-0.15, -0.1) is 0 Å². The number of carbonyl (C=O) groups is 1. The van der Waals surface area contributed by atoms with Crippen molar-refractivity contribution in [1.29, 1.82) is 0 Å². The van der Waals surface area contributed by atoms with E-state index < -0.39 is 0 Å². The van der Waals surface area contributed by atoms with Crippen molar-refractivity contribution in [3.63, 3.8) is 0 Å². The zero-order valence-corrected chi connectivity index (χ0v) is 17.1. The van der Waals surface area contributed by atoms with E-state index in [4.69, 9.17) is 14.2 Å². The number of benzene rings is 2. The molecule has 0 spiro atoms. The lowest BCUT2D eigenvalue weighted by Crippen LogP contribution is -2.34. The fourth-order valence-corrected chi connectivity index (χ4v) is 2.85. The minimum Gasteiger partial charge on any atom is -0.496 e. The fraction of sp³-hybridized carbons (Fsp3) is 0.318. The lowest BCUT2D eigenvalue weighted by molar-refractivity contribution is -0.117. The summed E-state index contributed by atoms with van der Waals surface area (Å²) in [6, 6.07) is 13.3. The van der Waals surface area contributed by atoms with Crippen molar-refractivity contribution in [1.82, 2.24) is 10.2 Å². The van der Waals surface area contributed by atoms with Gasteiger partial charge in [-0.2, -0.15) is 0 Å². The van der Waals surface area contributed by atoms with Gasteiger partial charge in [-0.05, 0) is 31.8 Å². The average molecular weight is 384 g/mol. The SMILES string of the molecule is COc1cc(OC)c(OC)cc1/C=C/C(=O)N[C@@H](CN(C)C)c1ccccc1. The molecule has 1 amide bonds. The molecule has 0 aromatic heterocycles. The topological polar surface area (TPSA) is 60.0 Å². The second-order valence-corrected chi connectivity index (χ2v) is 6.52. The summed E-state index contributed by atoms with van der Waals surface area (Å²) in [6.45, 7) is 0.698. The number of ether oxygens (including phenoxy) is 3. The van der Waals surface area contributed by atoms with Crippen molar-refractivity contribution in [2.75, 3.05) is 42.0 Å². The average Bonchev–Trinajstić information content (AvgIpc) is 2.71. The standard InChI is InChI=1S/C22H28N2O4/c1-24(2)15-18(16-9-7-6-8-10-16)23-22(25)12-11-17-13-20(27-4)21(28-5)14-19(17)26-3/h6-14,18H,15H2,1-5H3,(H,23,25)/b12-11+/t18-/m0/s1. The van der Waals surface area contributed by atoms with E-state index in [1.54, 1.807) is 39.5 Å². The fourth-order valence-electron chi connectivity index (χ4n) is 2.85. The third-order valence-electron chi connectivity index (χ3n) is 4.22. The molecule has 2 aromatic rings. The number of carbonyl (C=O) groups excluding carboxylic acids is 1. The van der Waals surface area contributed by atoms with Crippen molar-refractivity contribution >= 4 is 12.0 Å². The van der Waals surface area contributed by atoms with E-state index in [0.29, 0.717) is 23.8 Å². The molecular weight excluding hydrogens is 356 g/mol. The highest BCUT2D eigenvalue weighted by Crippen LogP contribution is 2.35. The molecule has 0 unspecified atom stereocenters. The molecule has 0 aliphatic heterocycles. The van der Waals surface area contributed by atoms with Gasteiger partial charge >= 0.3 is 0 Å². The molecule has 1 atom stereocenters. The Morgan fingerprint density at radius 3 is 2.18 bits per heavy atom. The van der Waals surface area contributed by atoms with Crippen LogP contribution in [-0.2, 0) is 4.79 Å². The summed E-state index contributed by atoms with van der Waals surface area (Å²) in [5, 5.41) is 3.06. The van der Waals surface area contributed by atoms with Gasteiger partial charge in [0.15, 0.2) is 11.5 Å². The number of hydrogen-bond acceptors (Lipinski definition) is 5. The minimum absolute atomic E-state index is 0.111. The first kappa shape index (κ1) is 21.3. The summed E-state index contributed by atoms with van der Waals surface area (Å²) in [4.78, 5) is 14.6. The summed E-state index contributed by atoms with van der Waals surface area (Å²) in [6.07, 6.45) is 3.20. The number of hydrogen-bond donors (Lipinski definition) is 1. The second-order valence-electron chi connectivity index (χ2n) is 6.52. The number of nitrogens with zero attached hydrogens (tertiary/aromatic N) is 1. The maximum Gasteiger partial charge on any atom is 0.244 e. The Labute approximate surface area is 166 Å². The number of amides is 1. The number of nitrogens with one attached hydrogen (secondary N) is 1. The van der Waals surface area contributed by atoms with Gasteiger partial charge in [0, 0.05) is 24.3 Å². The third kappa shape index (κ3) is 5.76. The van der Waals surface area contributed by atoms with Crippen LogP contribution < -0.4 is 19.5 Å². The Hall–Kier alpha value is -2.99. The van der Waals surface area contributed by atoms with Gasteiger partial charge in [0.05, 0.1) is 27.4 Å². The molecule has 0 aliphatic carbocycles. The predicted molar refractivity (Wildman–Crippen MR) is 111 cm³/mol. The van der Waals surface area contributed by atoms with Crippen LogP contribution in [0.1, 0.15) is 17.2 Å². The first-order valence-electron chi connectivity index (χ1n) is 8.96. The van der Waals surface area contributed by atoms with Crippen LogP contribution in [0, 0.1) is 0 Å². The number of rotatable bonds is 9. The maximum absolute atomic E-state index is 12.5. The Balaban J connectivity index is 2.19. The zero-order chi connectivity index (χ0) is 20.5. The highest BCUT2D eigenvalue weighted by molar-refractivity contribution is 5.92. The molecule has 1 N–H and O–H groups in total. The quantitative estimate of drug-likeness (QED) is 0.673. The molecule has 0 saturated carbocycles. The van der Waals surface area contributed by atoms with Crippen LogP contribution in [0.25, 0.3) is 6.08 Å². The molecule has 150 valence electrons. The maximum atomic E-state index is 12.5. The van der Waals surface area contributed by atoms with Gasteiger partial charge in [-0.25, -0.2) is 0 Å². The van der Waals surface area contributed by atoms with Gasteiger partial charge < -0.3 is 24.4 Å². The van der Waals surface area contributed by atoms with Crippen LogP contribution in [0.15, 0.2) is 48.5 Å². The summed E-state index contributed by atoms with van der Waals surface area (Å²) in [5.41, 5.74) is 1.78. The molecule has 28 heavy (non-hydrogen) atoms. The van der Waals surface area contributed by atoms with Crippen molar-refractivity contribution in [3.8, 4) is 17.2 Å². The Bertz CT molecular complexity index is 804. The largest absolute Gasteiger partial charge is 0.496 e. The van der Waals surface area contributed by atoms with Crippen molar-refractivity contribution < 1.29 is 19.0 Å². The van der Waals surface area contributed by atoms with E-state index in [0.717, 1.165) is 11.1 Å². The van der Waals surface area contributed by atoms with Crippen LogP contribution in [0.5, 0.6) is 17.2 Å². The predicted octanol–water partition coefficient (Wildman–Crippen LogP) is 3.14. The molecule has 0 heterocycles. The highest BCUT2D eigenvalue weighted by atomic mass is 16.5. The first-order valence-corrected chi connectivity index (χ1v) is 8.96. The third-order valence-corrected chi connectivity index (χ3v) is 4.22. The summed E-state index contributed by atoms with van der Waals surface area (Å²) >= 11 is 0. The number of likely N-dealkylation sites (N-methyl/N-ethyl adjacent to an activating group) is 1. The minimum atomic E-state index is -0.187. The van der Waals surface area contributed by atoms with Crippen LogP contribution in [-0.4, -0.2) is 52.8 Å². The van der Waals surface area contributed by atoms with E-state index >= 15 is 0 Å². The van der Waals surface area contributed by atoms with Gasteiger partial charge in [0.25, 0.3) is 0 Å². The van der Waals surface area contributed by atoms with Gasteiger partial charge in [-0.1, -0.05) is 30.3 Å². The first-order chi connectivity index (χ1) is 13.5. The van der Waals surface area contributed by atoms with Crippen molar-refractivity contribution in [2.45, 2.75) is 6.04 Å². The van der Waals surface area contributed by atoms with E-state index in [1.165, 1.54) is 6.08 Å². The van der Waals surface area contributed by atoms with E-state index in [1.807, 2.05) is 49.3 Å². The summed E-state index contributed by atoms with van der Waals surface area (Å²) < 4.78 is 16.0. The molecule has 6 heteroatoms. The Kier molecular flexibility index (Phi) is 7.89. The second kappa shape index (κ2) is 10.4. The molecule has 0 radical (unpaired) electrons. The lowest BCUT2D eigenvalue weighted by atomic mass is 10.1. The molecule has 0 saturated heterocycles. The van der Waals surface area contributed by atoms with Crippen LogP contribution >= 0.6 is 0 Å². The van der Waals surface area contributed by atoms with Gasteiger partial charge in [0.2, 0.25) is 5.91 Å². The van der Waals surface area contributed by atoms with Crippen molar-refractivity contribution in [2.24, 2.45) is 0 Å². The molecule has 0 aliphatic rings. The van der Waals surface area contributed by atoms with Gasteiger partial charge in [0.1, 0.15) is 5.75 Å². The zero-order valence-electron chi connectivity index (χ0n) is 17.1. The van der Waals surface area contributed by atoms with E-state index in [2.05, 4.69) is 5.32 Å². The Morgan fingerprint density at radius 2 is 1.61 bits per heavy atom. The molecule has 0 bridgehead atoms. The Morgan fingerprint density at radius 1 is 1.00 bits per heavy atom. The molecule has 0 fully saturated rings. The smallest absolute Gasteiger partial charge is 0.244 e. The molecule has 2 aromatic carbocycles. The molecule has 2 rings (SSSR count). The van der Waals surface area contributed by atoms with Gasteiger partial charge in [-0.3, -0.25) is 4.79 Å². The van der Waals surface area contributed by atoms with Crippen LogP contribution in [0.2, 0.25) is 0 Å². The number of methoxy groups -OCH3 is 3. The van der Waals surface area contributed by atoms with Crippen molar-refractivity contribution in [3.05, 3.63) is 59.7 Å². The monoisotopic (exact) mass is 384 g/mol. The normalized spacial score (nSPS) is 12.1. The van der Waals surface area contributed by atoms with E-state index in [9.17, 15) is 4.79 Å². The summed E-state index contributed by atoms with van der Waals surface area (Å²) in [7, 11) is 8.66. The van der Waals surface area contributed by atoms with E-state index in [-0.39, 0.29) is 11.9 Å². The van der Waals surface area contributed by atoms with Crippen LogP contribution in [0.3, 0.4) is 0 Å².